The third kappa shape index (κ3) is 3.56. The predicted octanol–water partition coefficient (Wildman–Crippen LogP) is 2.55. The van der Waals surface area contributed by atoms with Crippen LogP contribution in [0.3, 0.4) is 0 Å². The van der Waals surface area contributed by atoms with E-state index in [1.807, 2.05) is 0 Å². The molecule has 0 radical (unpaired) electrons. The van der Waals surface area contributed by atoms with E-state index in [4.69, 9.17) is 11.6 Å². The normalized spacial score (nSPS) is 13.3. The molecule has 0 saturated carbocycles. The summed E-state index contributed by atoms with van der Waals surface area (Å²) in [7, 11) is -3.90. The van der Waals surface area contributed by atoms with Gasteiger partial charge in [-0.1, -0.05) is 11.6 Å². The van der Waals surface area contributed by atoms with Gasteiger partial charge >= 0.3 is 0 Å². The van der Waals surface area contributed by atoms with Crippen molar-refractivity contribution in [1.29, 1.82) is 0 Å². The summed E-state index contributed by atoms with van der Waals surface area (Å²) < 4.78 is 39.2. The Balaban J connectivity index is 2.11. The van der Waals surface area contributed by atoms with Crippen LogP contribution in [0.15, 0.2) is 39.9 Å². The first kappa shape index (κ1) is 15.4. The van der Waals surface area contributed by atoms with Crippen molar-refractivity contribution in [3.63, 3.8) is 0 Å². The number of halogens is 2. The summed E-state index contributed by atoms with van der Waals surface area (Å²) in [6.07, 6.45) is -0.949. The number of thiophene rings is 1. The Kier molecular flexibility index (Phi) is 4.77. The molecule has 1 heterocycles. The number of benzene rings is 1. The highest BCUT2D eigenvalue weighted by atomic mass is 35.5. The summed E-state index contributed by atoms with van der Waals surface area (Å²) in [5.74, 6) is -0.618. The molecule has 0 spiro atoms. The molecule has 0 saturated heterocycles. The maximum Gasteiger partial charge on any atom is 0.242 e. The molecule has 0 fully saturated rings. The second kappa shape index (κ2) is 6.19. The first-order valence-corrected chi connectivity index (χ1v) is 8.35. The number of hydrogen-bond donors (Lipinski definition) is 2. The topological polar surface area (TPSA) is 66.4 Å². The molecule has 20 heavy (non-hydrogen) atoms. The van der Waals surface area contributed by atoms with Crippen LogP contribution in [0.5, 0.6) is 0 Å². The van der Waals surface area contributed by atoms with Gasteiger partial charge in [-0.25, -0.2) is 17.5 Å². The Labute approximate surface area is 124 Å². The highest BCUT2D eigenvalue weighted by Crippen LogP contribution is 2.22. The fourth-order valence-electron chi connectivity index (χ4n) is 1.54. The van der Waals surface area contributed by atoms with Crippen LogP contribution < -0.4 is 4.72 Å². The Bertz CT molecular complexity index is 689. The molecular weight excluding hydrogens is 325 g/mol. The molecule has 4 nitrogen and oxygen atoms in total. The lowest BCUT2D eigenvalue weighted by Gasteiger charge is -2.12. The van der Waals surface area contributed by atoms with Crippen LogP contribution >= 0.6 is 22.9 Å². The van der Waals surface area contributed by atoms with Gasteiger partial charge in [0, 0.05) is 6.54 Å². The SMILES string of the molecule is O=S(=O)(NCC(O)c1ccsc1)c1ccc(F)cc1Cl. The molecule has 1 aromatic heterocycles. The highest BCUT2D eigenvalue weighted by Gasteiger charge is 2.20. The van der Waals surface area contributed by atoms with Crippen LogP contribution in [0.2, 0.25) is 5.02 Å². The van der Waals surface area contributed by atoms with Gasteiger partial charge in [0.2, 0.25) is 10.0 Å². The zero-order valence-electron chi connectivity index (χ0n) is 10.1. The van der Waals surface area contributed by atoms with Gasteiger partial charge in [-0.2, -0.15) is 11.3 Å². The van der Waals surface area contributed by atoms with Gasteiger partial charge in [0.1, 0.15) is 10.7 Å². The van der Waals surface area contributed by atoms with Crippen molar-refractivity contribution < 1.29 is 17.9 Å². The standard InChI is InChI=1S/C12H11ClFNO3S2/c13-10-5-9(14)1-2-12(10)20(17,18)15-6-11(16)8-3-4-19-7-8/h1-5,7,11,15-16H,6H2. The van der Waals surface area contributed by atoms with E-state index >= 15 is 0 Å². The fraction of sp³-hybridized carbons (Fsp3) is 0.167. The van der Waals surface area contributed by atoms with Crippen LogP contribution in [0.1, 0.15) is 11.7 Å². The summed E-state index contributed by atoms with van der Waals surface area (Å²) in [6, 6.07) is 4.71. The number of rotatable bonds is 5. The zero-order chi connectivity index (χ0) is 14.8. The van der Waals surface area contributed by atoms with Crippen LogP contribution in [0.25, 0.3) is 0 Å². The van der Waals surface area contributed by atoms with Gasteiger partial charge in [-0.3, -0.25) is 0 Å². The lowest BCUT2D eigenvalue weighted by atomic mass is 10.2. The molecule has 1 atom stereocenters. The van der Waals surface area contributed by atoms with Crippen molar-refractivity contribution in [2.45, 2.75) is 11.0 Å². The average Bonchev–Trinajstić information content (AvgIpc) is 2.89. The monoisotopic (exact) mass is 335 g/mol. The lowest BCUT2D eigenvalue weighted by Crippen LogP contribution is -2.28. The summed E-state index contributed by atoms with van der Waals surface area (Å²) in [5.41, 5.74) is 0.628. The Morgan fingerprint density at radius 2 is 2.15 bits per heavy atom. The average molecular weight is 336 g/mol. The van der Waals surface area contributed by atoms with E-state index in [0.717, 1.165) is 18.2 Å². The van der Waals surface area contributed by atoms with E-state index in [2.05, 4.69) is 4.72 Å². The van der Waals surface area contributed by atoms with Crippen molar-refractivity contribution in [3.8, 4) is 0 Å². The predicted molar refractivity (Wildman–Crippen MR) is 75.9 cm³/mol. The van der Waals surface area contributed by atoms with Crippen LogP contribution in [-0.2, 0) is 10.0 Å². The molecular formula is C12H11ClFNO3S2. The zero-order valence-corrected chi connectivity index (χ0v) is 12.5. The van der Waals surface area contributed by atoms with E-state index in [9.17, 15) is 17.9 Å². The molecule has 108 valence electrons. The smallest absolute Gasteiger partial charge is 0.242 e. The molecule has 2 N–H and O–H groups in total. The highest BCUT2D eigenvalue weighted by molar-refractivity contribution is 7.89. The number of aliphatic hydroxyl groups is 1. The maximum atomic E-state index is 12.9. The van der Waals surface area contributed by atoms with Gasteiger partial charge in [0.15, 0.2) is 0 Å². The third-order valence-electron chi connectivity index (χ3n) is 2.58. The second-order valence-electron chi connectivity index (χ2n) is 4.00. The summed E-state index contributed by atoms with van der Waals surface area (Å²) in [6.45, 7) is -0.188. The van der Waals surface area contributed by atoms with Crippen molar-refractivity contribution in [3.05, 3.63) is 51.4 Å². The van der Waals surface area contributed by atoms with E-state index in [0.29, 0.717) is 5.56 Å². The molecule has 0 aliphatic carbocycles. The molecule has 0 amide bonds. The lowest BCUT2D eigenvalue weighted by molar-refractivity contribution is 0.182. The fourth-order valence-corrected chi connectivity index (χ4v) is 3.82. The molecule has 8 heteroatoms. The van der Waals surface area contributed by atoms with Crippen molar-refractivity contribution in [2.75, 3.05) is 6.54 Å². The minimum Gasteiger partial charge on any atom is -0.387 e. The molecule has 2 aromatic rings. The Hall–Kier alpha value is -0.990. The molecule has 1 unspecified atom stereocenters. The Morgan fingerprint density at radius 1 is 1.40 bits per heavy atom. The van der Waals surface area contributed by atoms with Gasteiger partial charge in [0.05, 0.1) is 11.1 Å². The van der Waals surface area contributed by atoms with E-state index in [-0.39, 0.29) is 16.5 Å². The van der Waals surface area contributed by atoms with E-state index in [1.165, 1.54) is 11.3 Å². The minimum absolute atomic E-state index is 0.188. The quantitative estimate of drug-likeness (QED) is 0.882. The first-order valence-electron chi connectivity index (χ1n) is 5.55. The van der Waals surface area contributed by atoms with Crippen LogP contribution in [0.4, 0.5) is 4.39 Å². The van der Waals surface area contributed by atoms with Crippen molar-refractivity contribution in [2.24, 2.45) is 0 Å². The van der Waals surface area contributed by atoms with Gasteiger partial charge < -0.3 is 5.11 Å². The van der Waals surface area contributed by atoms with Crippen molar-refractivity contribution >= 4 is 33.0 Å². The molecule has 0 aliphatic heterocycles. The Morgan fingerprint density at radius 3 is 2.75 bits per heavy atom. The maximum absolute atomic E-state index is 12.9. The number of hydrogen-bond acceptors (Lipinski definition) is 4. The second-order valence-corrected chi connectivity index (χ2v) is 6.92. The molecule has 1 aromatic carbocycles. The van der Waals surface area contributed by atoms with Gasteiger partial charge in [-0.05, 0) is 40.6 Å². The summed E-state index contributed by atoms with van der Waals surface area (Å²) in [4.78, 5) is -0.224. The number of aliphatic hydroxyl groups excluding tert-OH is 1. The largest absolute Gasteiger partial charge is 0.387 e. The van der Waals surface area contributed by atoms with Gasteiger partial charge in [0.25, 0.3) is 0 Å². The third-order valence-corrected chi connectivity index (χ3v) is 5.19. The number of nitrogens with one attached hydrogen (secondary N) is 1. The number of sulfonamides is 1. The summed E-state index contributed by atoms with van der Waals surface area (Å²) in [5, 5.41) is 13.1. The van der Waals surface area contributed by atoms with Crippen molar-refractivity contribution in [1.82, 2.24) is 4.72 Å². The molecule has 2 rings (SSSR count). The van der Waals surface area contributed by atoms with E-state index < -0.39 is 21.9 Å². The van der Waals surface area contributed by atoms with Gasteiger partial charge in [-0.15, -0.1) is 0 Å². The van der Waals surface area contributed by atoms with Crippen LogP contribution in [-0.4, -0.2) is 20.1 Å². The minimum atomic E-state index is -3.90. The van der Waals surface area contributed by atoms with E-state index in [1.54, 1.807) is 16.8 Å². The first-order chi connectivity index (χ1) is 9.40. The molecule has 0 aliphatic rings. The molecule has 0 bridgehead atoms. The summed E-state index contributed by atoms with van der Waals surface area (Å²) >= 11 is 7.11. The van der Waals surface area contributed by atoms with Crippen LogP contribution in [0, 0.1) is 5.82 Å².